The number of aliphatic hydroxyl groups is 2. The van der Waals surface area contributed by atoms with Crippen LogP contribution >= 0.6 is 17.4 Å². The van der Waals surface area contributed by atoms with Gasteiger partial charge in [0.05, 0.1) is 12.2 Å². The lowest BCUT2D eigenvalue weighted by Gasteiger charge is -2.15. The highest BCUT2D eigenvalue weighted by Gasteiger charge is 2.38. The number of fused-ring (bicyclic) bond motifs is 2. The Morgan fingerprint density at radius 3 is 1.45 bits per heavy atom. The van der Waals surface area contributed by atoms with Gasteiger partial charge in [-0.05, 0) is 44.6 Å². The summed E-state index contributed by atoms with van der Waals surface area (Å²) in [5.41, 5.74) is -0.700. The molecule has 27 heteroatoms. The normalized spacial score (nSPS) is 19.8. The summed E-state index contributed by atoms with van der Waals surface area (Å²) in [6.07, 6.45) is -0.785. The van der Waals surface area contributed by atoms with Gasteiger partial charge in [0.25, 0.3) is 11.1 Å². The van der Waals surface area contributed by atoms with E-state index in [4.69, 9.17) is 18.9 Å². The first-order valence-corrected chi connectivity index (χ1v) is 23.2. The number of para-hydroxylation sites is 1. The van der Waals surface area contributed by atoms with Crippen molar-refractivity contribution in [2.45, 2.75) is 125 Å². The van der Waals surface area contributed by atoms with Crippen molar-refractivity contribution >= 4 is 63.4 Å². The molecule has 7 N–H and O–H groups in total. The van der Waals surface area contributed by atoms with Gasteiger partial charge in [0.15, 0.2) is 34.8 Å². The Morgan fingerprint density at radius 1 is 0.761 bits per heavy atom. The molecule has 0 saturated carbocycles. The van der Waals surface area contributed by atoms with E-state index in [1.165, 1.54) is 29.0 Å². The van der Waals surface area contributed by atoms with Crippen LogP contribution in [0.2, 0.25) is 0 Å². The third-order valence-corrected chi connectivity index (χ3v) is 10.4. The van der Waals surface area contributed by atoms with E-state index in [1.807, 2.05) is 32.0 Å². The molecule has 0 radical (unpaired) electrons. The van der Waals surface area contributed by atoms with Crippen LogP contribution in [0.25, 0.3) is 22.3 Å². The van der Waals surface area contributed by atoms with E-state index in [-0.39, 0.29) is 78.8 Å². The van der Waals surface area contributed by atoms with E-state index < -0.39 is 44.5 Å². The number of hydrogen-bond acceptors (Lipinski definition) is 18. The van der Waals surface area contributed by atoms with E-state index in [9.17, 15) is 34.0 Å². The Kier molecular flexibility index (Phi) is 23.3. The summed E-state index contributed by atoms with van der Waals surface area (Å²) in [4.78, 5) is 70.5. The average molecular weight is 978 g/mol. The van der Waals surface area contributed by atoms with E-state index in [0.29, 0.717) is 18.6 Å². The van der Waals surface area contributed by atoms with Crippen LogP contribution < -0.4 is 26.3 Å². The predicted molar refractivity (Wildman–Crippen MR) is 246 cm³/mol. The van der Waals surface area contributed by atoms with Crippen LogP contribution in [0, 0.1) is 11.8 Å². The number of hydrogen-bond donors (Lipinski definition) is 7. The van der Waals surface area contributed by atoms with E-state index >= 15 is 0 Å². The van der Waals surface area contributed by atoms with Crippen LogP contribution in [-0.4, -0.2) is 126 Å². The summed E-state index contributed by atoms with van der Waals surface area (Å²) in [6.45, 7) is 21.0. The zero-order chi connectivity index (χ0) is 49.8. The fourth-order valence-corrected chi connectivity index (χ4v) is 6.49. The van der Waals surface area contributed by atoms with Crippen molar-refractivity contribution in [3.63, 3.8) is 0 Å². The smallest absolute Gasteiger partial charge is 0.395 e. The van der Waals surface area contributed by atoms with Crippen molar-refractivity contribution < 1.29 is 47.8 Å². The number of rotatable bonds is 13. The molecule has 7 rings (SSSR count). The molecular formula is C40H61N13O12P2. The number of nitrogens with zero attached hydrogens (tertiary/aromatic N) is 9. The minimum Gasteiger partial charge on any atom is -0.408 e. The third kappa shape index (κ3) is 16.1. The molecule has 2 aliphatic rings. The summed E-state index contributed by atoms with van der Waals surface area (Å²) in [7, 11) is -1.14. The lowest BCUT2D eigenvalue weighted by Crippen LogP contribution is -2.24. The summed E-state index contributed by atoms with van der Waals surface area (Å²) in [5.74, 6) is -0.448. The number of amides is 2. The van der Waals surface area contributed by atoms with Crippen molar-refractivity contribution in [1.82, 2.24) is 54.8 Å². The number of nitrogens with one attached hydrogen (secondary N) is 4. The fraction of sp³-hybridized carbons (Fsp3) is 0.600. The number of H-pyrrole nitrogens is 2. The van der Waals surface area contributed by atoms with Crippen LogP contribution in [0.4, 0.5) is 11.9 Å². The molecule has 6 atom stereocenters. The molecule has 5 aromatic rings. The Bertz CT molecular complexity index is 2310. The maximum Gasteiger partial charge on any atom is 0.395 e. The summed E-state index contributed by atoms with van der Waals surface area (Å²) in [6, 6.07) is 8.99. The molecule has 2 aliphatic heterocycles. The number of carbonyl (C=O) groups is 2. The summed E-state index contributed by atoms with van der Waals surface area (Å²) in [5, 5.41) is 40.8. The Balaban J connectivity index is 0.000000258. The second kappa shape index (κ2) is 28.0. The standard InChI is InChI=1S/2C14H20N6O4.C6H15N.C6H5O2P.HO2P/c2*1-4-7-5-8(21)13(24-7)20-10-9(18-19-20)12(23)17-14(15-10)16-11(22)6(2)3;1-4-7(5-2)6-3;7-9-8-6-4-2-1-3-5-6;1-3-2/h2*6-8,13,21H,4-5H2,1-3H3,(H2,15,16,17,22,23);4-6H2,1-3H3;1-5H;(H,1,2)/t2*7-,8+,13-;;;/m11.../s1. The van der Waals surface area contributed by atoms with Gasteiger partial charge in [-0.3, -0.25) is 39.8 Å². The molecule has 4 aromatic heterocycles. The third-order valence-electron chi connectivity index (χ3n) is 10.2. The minimum absolute atomic E-state index is 0.00859. The van der Waals surface area contributed by atoms with Crippen molar-refractivity contribution in [2.24, 2.45) is 11.8 Å². The first-order valence-electron chi connectivity index (χ1n) is 21.7. The van der Waals surface area contributed by atoms with Gasteiger partial charge in [-0.1, -0.05) is 90.9 Å². The van der Waals surface area contributed by atoms with Gasteiger partial charge in [0.1, 0.15) is 18.0 Å². The van der Waals surface area contributed by atoms with Gasteiger partial charge in [-0.15, -0.1) is 10.2 Å². The number of carbonyl (C=O) groups excluding carboxylic acids is 2. The molecule has 6 heterocycles. The van der Waals surface area contributed by atoms with Gasteiger partial charge in [-0.2, -0.15) is 19.3 Å². The number of aliphatic hydroxyl groups excluding tert-OH is 2. The van der Waals surface area contributed by atoms with Gasteiger partial charge >= 0.3 is 17.4 Å². The van der Waals surface area contributed by atoms with Gasteiger partial charge < -0.3 is 34.0 Å². The largest absolute Gasteiger partial charge is 0.408 e. The van der Waals surface area contributed by atoms with Crippen LogP contribution in [0.3, 0.4) is 0 Å². The van der Waals surface area contributed by atoms with E-state index in [1.54, 1.807) is 39.8 Å². The monoisotopic (exact) mass is 977 g/mol. The Hall–Kier alpha value is -5.52. The van der Waals surface area contributed by atoms with Crippen molar-refractivity contribution in [1.29, 1.82) is 0 Å². The first-order chi connectivity index (χ1) is 32.0. The molecule has 0 aliphatic carbocycles. The maximum atomic E-state index is 12.1. The van der Waals surface area contributed by atoms with Crippen molar-refractivity contribution in [2.75, 3.05) is 30.3 Å². The second-order valence-electron chi connectivity index (χ2n) is 15.4. The van der Waals surface area contributed by atoms with Crippen molar-refractivity contribution in [3.8, 4) is 5.75 Å². The molecule has 0 bridgehead atoms. The number of ether oxygens (including phenoxy) is 2. The van der Waals surface area contributed by atoms with Crippen LogP contribution in [0.1, 0.15) is 100 Å². The lowest BCUT2D eigenvalue weighted by atomic mass is 10.1. The predicted octanol–water partition coefficient (Wildman–Crippen LogP) is 4.14. The van der Waals surface area contributed by atoms with Gasteiger partial charge in [-0.25, -0.2) is 9.13 Å². The van der Waals surface area contributed by atoms with Crippen LogP contribution in [0.15, 0.2) is 39.9 Å². The molecule has 25 nitrogen and oxygen atoms in total. The molecule has 1 aromatic carbocycles. The number of benzene rings is 1. The molecular weight excluding hydrogens is 916 g/mol. The first kappa shape index (κ1) is 55.8. The molecule has 0 spiro atoms. The van der Waals surface area contributed by atoms with E-state index in [0.717, 1.165) is 12.8 Å². The molecule has 0 unspecified atom stereocenters. The Morgan fingerprint density at radius 2 is 1.15 bits per heavy atom. The lowest BCUT2D eigenvalue weighted by molar-refractivity contribution is -0.119. The van der Waals surface area contributed by atoms with Crippen LogP contribution in [0.5, 0.6) is 5.75 Å². The molecule has 368 valence electrons. The van der Waals surface area contributed by atoms with E-state index in [2.05, 4.69) is 81.4 Å². The second-order valence-corrected chi connectivity index (χ2v) is 15.9. The number of anilines is 2. The number of aromatic amines is 2. The quantitative estimate of drug-likeness (QED) is 0.0815. The molecule has 2 fully saturated rings. The molecule has 67 heavy (non-hydrogen) atoms. The fourth-order valence-electron chi connectivity index (χ4n) is 6.28. The van der Waals surface area contributed by atoms with Gasteiger partial charge in [0, 0.05) is 24.7 Å². The summed E-state index contributed by atoms with van der Waals surface area (Å²) < 4.78 is 37.0. The van der Waals surface area contributed by atoms with Crippen LogP contribution in [-0.2, 0) is 28.2 Å². The maximum absolute atomic E-state index is 12.1. The zero-order valence-corrected chi connectivity index (χ0v) is 40.7. The zero-order valence-electron chi connectivity index (χ0n) is 38.9. The topological polar surface area (TPSA) is 337 Å². The minimum atomic E-state index is -0.833. The van der Waals surface area contributed by atoms with Gasteiger partial charge in [0.2, 0.25) is 23.7 Å². The average Bonchev–Trinajstić information content (AvgIpc) is 4.10. The molecule has 2 amide bonds. The summed E-state index contributed by atoms with van der Waals surface area (Å²) >= 11 is 0. The molecule has 2 saturated heterocycles. The number of aromatic nitrogens is 10. The highest BCUT2D eigenvalue weighted by Crippen LogP contribution is 2.32. The SMILES string of the molecule is CCN(CC)CC.CC[C@@H]1C[C@H](O)[C@H](n2nnc3c(=O)[nH]c(NC(=O)C(C)C)nc32)O1.CC[C@@H]1C[C@H](O)[C@H](n2nnc3c(=O)[nH]c(NC(=O)C(C)C)nc32)O1.O=PO.O=POc1ccccc1. The Labute approximate surface area is 389 Å². The van der Waals surface area contributed by atoms with Crippen molar-refractivity contribution in [3.05, 3.63) is 51.0 Å². The highest BCUT2D eigenvalue weighted by atomic mass is 31.1. The highest BCUT2D eigenvalue weighted by molar-refractivity contribution is 7.17.